The number of likely N-dealkylation sites (tertiary alicyclic amines) is 1. The van der Waals surface area contributed by atoms with Crippen LogP contribution in [0.15, 0.2) is 24.3 Å². The first kappa shape index (κ1) is 18.4. The fourth-order valence-corrected chi connectivity index (χ4v) is 4.87. The van der Waals surface area contributed by atoms with Crippen LogP contribution in [-0.2, 0) is 24.5 Å². The minimum absolute atomic E-state index is 0.0765. The largest absolute Gasteiger partial charge is 0.481 e. The van der Waals surface area contributed by atoms with Gasteiger partial charge >= 0.3 is 5.97 Å². The summed E-state index contributed by atoms with van der Waals surface area (Å²) in [6.45, 7) is 2.26. The first-order valence-electron chi connectivity index (χ1n) is 9.42. The molecule has 3 fully saturated rings. The Morgan fingerprint density at radius 3 is 2.37 bits per heavy atom. The molecular formula is C20H24FNO5. The lowest BCUT2D eigenvalue weighted by Gasteiger charge is -2.39. The van der Waals surface area contributed by atoms with E-state index in [1.54, 1.807) is 17.0 Å². The van der Waals surface area contributed by atoms with E-state index in [0.29, 0.717) is 52.2 Å². The molecule has 0 unspecified atom stereocenters. The van der Waals surface area contributed by atoms with E-state index >= 15 is 0 Å². The summed E-state index contributed by atoms with van der Waals surface area (Å²) in [5.41, 5.74) is -0.948. The number of aliphatic carboxylic acids is 1. The van der Waals surface area contributed by atoms with Crippen LogP contribution in [0.4, 0.5) is 4.39 Å². The third-order valence-corrected chi connectivity index (χ3v) is 6.57. The second-order valence-corrected chi connectivity index (χ2v) is 7.87. The molecule has 0 bridgehead atoms. The quantitative estimate of drug-likeness (QED) is 0.870. The fraction of sp³-hybridized carbons (Fsp3) is 0.600. The van der Waals surface area contributed by atoms with Crippen molar-refractivity contribution in [3.63, 3.8) is 0 Å². The highest BCUT2D eigenvalue weighted by molar-refractivity contribution is 5.90. The van der Waals surface area contributed by atoms with Crippen LogP contribution < -0.4 is 0 Å². The molecule has 3 aliphatic heterocycles. The molecule has 0 aliphatic carbocycles. The van der Waals surface area contributed by atoms with E-state index in [1.807, 2.05) is 0 Å². The Morgan fingerprint density at radius 2 is 1.74 bits per heavy atom. The molecule has 7 heteroatoms. The second-order valence-electron chi connectivity index (χ2n) is 7.87. The van der Waals surface area contributed by atoms with Gasteiger partial charge in [-0.05, 0) is 37.0 Å². The predicted octanol–water partition coefficient (Wildman–Crippen LogP) is 1.82. The summed E-state index contributed by atoms with van der Waals surface area (Å²) < 4.78 is 24.4. The molecule has 1 N–H and O–H groups in total. The van der Waals surface area contributed by atoms with Gasteiger partial charge in [0.25, 0.3) is 0 Å². The Kier molecular flexibility index (Phi) is 4.68. The van der Waals surface area contributed by atoms with Crippen molar-refractivity contribution in [2.24, 2.45) is 11.3 Å². The number of carbonyl (C=O) groups excluding carboxylic acids is 1. The lowest BCUT2D eigenvalue weighted by atomic mass is 9.72. The van der Waals surface area contributed by atoms with Gasteiger partial charge in [0, 0.05) is 38.8 Å². The van der Waals surface area contributed by atoms with Gasteiger partial charge in [0.05, 0.1) is 17.4 Å². The van der Waals surface area contributed by atoms with Crippen molar-refractivity contribution in [3.8, 4) is 0 Å². The standard InChI is InChI=1S/C20H24FNO5/c21-16-3-1-14(2-4-16)19(5-8-26-9-6-19)17(23)22-11-15-12-27-10-7-20(15,13-22)18(24)25/h1-4,15H,5-13H2,(H,24,25)/t15-,20+/m0/s1. The number of halogens is 1. The van der Waals surface area contributed by atoms with Crippen LogP contribution >= 0.6 is 0 Å². The lowest BCUT2D eigenvalue weighted by molar-refractivity contribution is -0.157. The number of carboxylic acids is 1. The number of fused-ring (bicyclic) bond motifs is 1. The molecule has 0 radical (unpaired) electrons. The van der Waals surface area contributed by atoms with Gasteiger partial charge in [-0.15, -0.1) is 0 Å². The molecule has 3 aliphatic rings. The highest BCUT2D eigenvalue weighted by atomic mass is 19.1. The number of carboxylic acid groups (broad SMARTS) is 1. The van der Waals surface area contributed by atoms with E-state index in [-0.39, 0.29) is 24.2 Å². The molecule has 1 aromatic carbocycles. The first-order valence-corrected chi connectivity index (χ1v) is 9.42. The fourth-order valence-electron chi connectivity index (χ4n) is 4.87. The summed E-state index contributed by atoms with van der Waals surface area (Å²) >= 11 is 0. The number of nitrogens with zero attached hydrogens (tertiary/aromatic N) is 1. The van der Waals surface area contributed by atoms with Crippen LogP contribution in [0, 0.1) is 17.2 Å². The number of carbonyl (C=O) groups is 2. The maximum atomic E-state index is 13.7. The van der Waals surface area contributed by atoms with Crippen molar-refractivity contribution in [2.45, 2.75) is 24.7 Å². The van der Waals surface area contributed by atoms with E-state index in [4.69, 9.17) is 9.47 Å². The summed E-state index contributed by atoms with van der Waals surface area (Å²) in [6, 6.07) is 6.07. The lowest BCUT2D eigenvalue weighted by Crippen LogP contribution is -2.50. The highest BCUT2D eigenvalue weighted by Gasteiger charge is 2.57. The van der Waals surface area contributed by atoms with Gasteiger partial charge in [-0.1, -0.05) is 12.1 Å². The van der Waals surface area contributed by atoms with Crippen LogP contribution in [0.25, 0.3) is 0 Å². The smallest absolute Gasteiger partial charge is 0.311 e. The van der Waals surface area contributed by atoms with E-state index in [1.165, 1.54) is 12.1 Å². The molecule has 3 saturated heterocycles. The van der Waals surface area contributed by atoms with Gasteiger partial charge in [0.2, 0.25) is 5.91 Å². The zero-order chi connectivity index (χ0) is 19.1. The third kappa shape index (κ3) is 2.93. The summed E-state index contributed by atoms with van der Waals surface area (Å²) in [7, 11) is 0. The Balaban J connectivity index is 1.66. The van der Waals surface area contributed by atoms with Gasteiger partial charge in [-0.2, -0.15) is 0 Å². The van der Waals surface area contributed by atoms with E-state index in [9.17, 15) is 19.1 Å². The first-order chi connectivity index (χ1) is 13.0. The summed E-state index contributed by atoms with van der Waals surface area (Å²) in [4.78, 5) is 27.4. The Labute approximate surface area is 157 Å². The second kappa shape index (κ2) is 6.87. The molecule has 3 heterocycles. The minimum atomic E-state index is -0.928. The molecule has 146 valence electrons. The molecule has 0 saturated carbocycles. The molecule has 0 spiro atoms. The van der Waals surface area contributed by atoms with Crippen LogP contribution in [0.2, 0.25) is 0 Å². The van der Waals surface area contributed by atoms with Crippen LogP contribution in [0.5, 0.6) is 0 Å². The molecular weight excluding hydrogens is 353 g/mol. The zero-order valence-corrected chi connectivity index (χ0v) is 15.2. The molecule has 27 heavy (non-hydrogen) atoms. The van der Waals surface area contributed by atoms with Gasteiger partial charge in [0.1, 0.15) is 5.82 Å². The SMILES string of the molecule is O=C(N1C[C@H]2COCC[C@@]2(C(=O)O)C1)C1(c2ccc(F)cc2)CCOCC1. The van der Waals surface area contributed by atoms with Crippen molar-refractivity contribution in [1.82, 2.24) is 4.90 Å². The van der Waals surface area contributed by atoms with E-state index < -0.39 is 16.8 Å². The number of hydrogen-bond acceptors (Lipinski definition) is 4. The molecule has 0 aromatic heterocycles. The monoisotopic (exact) mass is 377 g/mol. The van der Waals surface area contributed by atoms with Crippen LogP contribution in [0.1, 0.15) is 24.8 Å². The van der Waals surface area contributed by atoms with Crippen molar-refractivity contribution >= 4 is 11.9 Å². The van der Waals surface area contributed by atoms with Crippen LogP contribution in [0.3, 0.4) is 0 Å². The Hall–Kier alpha value is -1.99. The molecule has 1 aromatic rings. The summed E-state index contributed by atoms with van der Waals surface area (Å²) in [6.07, 6.45) is 1.44. The zero-order valence-electron chi connectivity index (χ0n) is 15.2. The Bertz CT molecular complexity index is 730. The number of benzene rings is 1. The van der Waals surface area contributed by atoms with Gasteiger partial charge in [-0.3, -0.25) is 9.59 Å². The average Bonchev–Trinajstić information content (AvgIpc) is 3.09. The van der Waals surface area contributed by atoms with Crippen molar-refractivity contribution in [1.29, 1.82) is 0 Å². The van der Waals surface area contributed by atoms with Gasteiger partial charge in [0.15, 0.2) is 0 Å². The normalized spacial score (nSPS) is 30.0. The number of rotatable bonds is 3. The van der Waals surface area contributed by atoms with E-state index in [2.05, 4.69) is 0 Å². The average molecular weight is 377 g/mol. The summed E-state index contributed by atoms with van der Waals surface area (Å²) in [5.74, 6) is -1.47. The maximum absolute atomic E-state index is 13.7. The highest BCUT2D eigenvalue weighted by Crippen LogP contribution is 2.45. The van der Waals surface area contributed by atoms with E-state index in [0.717, 1.165) is 5.56 Å². The number of hydrogen-bond donors (Lipinski definition) is 1. The van der Waals surface area contributed by atoms with Crippen LogP contribution in [-0.4, -0.2) is 61.4 Å². The van der Waals surface area contributed by atoms with Crippen molar-refractivity contribution in [3.05, 3.63) is 35.6 Å². The van der Waals surface area contributed by atoms with Crippen molar-refractivity contribution < 1.29 is 28.6 Å². The number of ether oxygens (including phenoxy) is 2. The van der Waals surface area contributed by atoms with Crippen molar-refractivity contribution in [2.75, 3.05) is 39.5 Å². The van der Waals surface area contributed by atoms with Gasteiger partial charge in [-0.25, -0.2) is 4.39 Å². The molecule has 2 atom stereocenters. The third-order valence-electron chi connectivity index (χ3n) is 6.57. The maximum Gasteiger partial charge on any atom is 0.311 e. The Morgan fingerprint density at radius 1 is 1.07 bits per heavy atom. The number of amides is 1. The molecule has 4 rings (SSSR count). The molecule has 1 amide bonds. The summed E-state index contributed by atoms with van der Waals surface area (Å²) in [5, 5.41) is 9.87. The predicted molar refractivity (Wildman–Crippen MR) is 93.7 cm³/mol. The topological polar surface area (TPSA) is 76.1 Å². The molecule has 6 nitrogen and oxygen atoms in total. The minimum Gasteiger partial charge on any atom is -0.481 e. The van der Waals surface area contributed by atoms with Gasteiger partial charge < -0.3 is 19.5 Å².